The second kappa shape index (κ2) is 5.05. The molecule has 1 aromatic heterocycles. The molecule has 3 heteroatoms. The average molecular weight is 234 g/mol. The monoisotopic (exact) mass is 234 g/mol. The number of hydrogen-bond donors (Lipinski definition) is 1. The van der Waals surface area contributed by atoms with Crippen LogP contribution in [0.15, 0.2) is 18.5 Å². The zero-order chi connectivity index (χ0) is 12.4. The van der Waals surface area contributed by atoms with Crippen molar-refractivity contribution in [3.8, 4) is 0 Å². The molecule has 0 saturated heterocycles. The summed E-state index contributed by atoms with van der Waals surface area (Å²) in [6.45, 7) is 4.54. The molecular formula is C14H22N2O. The molecule has 17 heavy (non-hydrogen) atoms. The van der Waals surface area contributed by atoms with Crippen LogP contribution in [0, 0.1) is 11.8 Å². The van der Waals surface area contributed by atoms with Gasteiger partial charge in [0.25, 0.3) is 0 Å². The summed E-state index contributed by atoms with van der Waals surface area (Å²) in [6.07, 6.45) is 6.28. The predicted octanol–water partition coefficient (Wildman–Crippen LogP) is 2.83. The molecule has 1 aliphatic rings. The maximum absolute atomic E-state index is 6.02. The number of hydrogen-bond acceptors (Lipinski definition) is 3. The Kier molecular flexibility index (Phi) is 3.67. The number of ether oxygens (including phenoxy) is 1. The first-order valence-corrected chi connectivity index (χ1v) is 6.35. The van der Waals surface area contributed by atoms with Crippen LogP contribution in [0.5, 0.6) is 0 Å². The molecule has 0 aromatic carbocycles. The van der Waals surface area contributed by atoms with E-state index in [9.17, 15) is 0 Å². The standard InChI is InChI=1S/C14H22N2O/c1-9-6-11(7-10(2)14(9)17-3)12-4-5-16-8-13(12)15/h4-5,8-11,14H,6-7,15H2,1-3H3/t9-,10+,11?,14?. The van der Waals surface area contributed by atoms with E-state index in [1.165, 1.54) is 5.56 Å². The highest BCUT2D eigenvalue weighted by Crippen LogP contribution is 2.41. The Bertz CT molecular complexity index is 368. The van der Waals surface area contributed by atoms with Crippen LogP contribution < -0.4 is 5.73 Å². The molecule has 2 rings (SSSR count). The highest BCUT2D eigenvalue weighted by Gasteiger charge is 2.34. The molecule has 0 amide bonds. The van der Waals surface area contributed by atoms with Gasteiger partial charge in [0.1, 0.15) is 0 Å². The fraction of sp³-hybridized carbons (Fsp3) is 0.643. The van der Waals surface area contributed by atoms with Gasteiger partial charge >= 0.3 is 0 Å². The zero-order valence-corrected chi connectivity index (χ0v) is 10.9. The molecule has 1 aromatic rings. The first-order chi connectivity index (χ1) is 8.13. The minimum atomic E-state index is 0.384. The first kappa shape index (κ1) is 12.4. The number of pyridine rings is 1. The van der Waals surface area contributed by atoms with E-state index in [4.69, 9.17) is 10.5 Å². The number of methoxy groups -OCH3 is 1. The summed E-state index contributed by atoms with van der Waals surface area (Å²) in [4.78, 5) is 4.06. The Hall–Kier alpha value is -1.09. The first-order valence-electron chi connectivity index (χ1n) is 6.35. The maximum Gasteiger partial charge on any atom is 0.0622 e. The molecule has 94 valence electrons. The molecule has 3 nitrogen and oxygen atoms in total. The minimum Gasteiger partial charge on any atom is -0.397 e. The van der Waals surface area contributed by atoms with E-state index in [-0.39, 0.29) is 0 Å². The van der Waals surface area contributed by atoms with E-state index in [0.29, 0.717) is 23.9 Å². The lowest BCUT2D eigenvalue weighted by Crippen LogP contribution is -2.35. The molecule has 2 N–H and O–H groups in total. The van der Waals surface area contributed by atoms with Crippen LogP contribution in [-0.2, 0) is 4.74 Å². The van der Waals surface area contributed by atoms with Crippen LogP contribution >= 0.6 is 0 Å². The SMILES string of the molecule is COC1[C@H](C)CC(c2ccncc2N)C[C@@H]1C. The molecule has 0 bridgehead atoms. The minimum absolute atomic E-state index is 0.384. The van der Waals surface area contributed by atoms with Crippen molar-refractivity contribution < 1.29 is 4.74 Å². The van der Waals surface area contributed by atoms with E-state index in [2.05, 4.69) is 24.9 Å². The van der Waals surface area contributed by atoms with Crippen LogP contribution in [0.25, 0.3) is 0 Å². The van der Waals surface area contributed by atoms with E-state index in [1.54, 1.807) is 6.20 Å². The molecule has 1 fully saturated rings. The van der Waals surface area contributed by atoms with Gasteiger partial charge in [-0.1, -0.05) is 13.8 Å². The fourth-order valence-corrected chi connectivity index (χ4v) is 3.33. The lowest BCUT2D eigenvalue weighted by atomic mass is 9.72. The summed E-state index contributed by atoms with van der Waals surface area (Å²) in [6, 6.07) is 2.06. The summed E-state index contributed by atoms with van der Waals surface area (Å²) in [7, 11) is 1.82. The van der Waals surface area contributed by atoms with Crippen LogP contribution in [0.1, 0.15) is 38.2 Å². The van der Waals surface area contributed by atoms with Crippen molar-refractivity contribution in [1.29, 1.82) is 0 Å². The van der Waals surface area contributed by atoms with Crippen molar-refractivity contribution in [3.05, 3.63) is 24.0 Å². The molecule has 0 aliphatic heterocycles. The molecule has 0 spiro atoms. The van der Waals surface area contributed by atoms with E-state index in [0.717, 1.165) is 18.5 Å². The van der Waals surface area contributed by atoms with Gasteiger partial charge < -0.3 is 10.5 Å². The van der Waals surface area contributed by atoms with Crippen molar-refractivity contribution in [2.24, 2.45) is 11.8 Å². The second-order valence-electron chi connectivity index (χ2n) is 5.33. The van der Waals surface area contributed by atoms with Gasteiger partial charge in [0, 0.05) is 13.3 Å². The third-order valence-corrected chi connectivity index (χ3v) is 4.03. The van der Waals surface area contributed by atoms with Gasteiger partial charge in [-0.3, -0.25) is 4.98 Å². The van der Waals surface area contributed by atoms with Gasteiger partial charge in [-0.2, -0.15) is 0 Å². The number of nitrogens with two attached hydrogens (primary N) is 1. The van der Waals surface area contributed by atoms with E-state index < -0.39 is 0 Å². The third-order valence-electron chi connectivity index (χ3n) is 4.03. The molecule has 2 unspecified atom stereocenters. The van der Waals surface area contributed by atoms with Crippen LogP contribution in [0.2, 0.25) is 0 Å². The van der Waals surface area contributed by atoms with Crippen LogP contribution in [-0.4, -0.2) is 18.2 Å². The molecule has 0 radical (unpaired) electrons. The zero-order valence-electron chi connectivity index (χ0n) is 10.9. The van der Waals surface area contributed by atoms with Gasteiger partial charge in [0.05, 0.1) is 18.0 Å². The summed E-state index contributed by atoms with van der Waals surface area (Å²) in [5, 5.41) is 0. The van der Waals surface area contributed by atoms with Gasteiger partial charge in [-0.25, -0.2) is 0 Å². The number of aromatic nitrogens is 1. The summed E-state index contributed by atoms with van der Waals surface area (Å²) in [5.74, 6) is 1.72. The maximum atomic E-state index is 6.02. The Morgan fingerprint density at radius 3 is 2.47 bits per heavy atom. The summed E-state index contributed by atoms with van der Waals surface area (Å²) in [5.41, 5.74) is 8.10. The Morgan fingerprint density at radius 1 is 1.29 bits per heavy atom. The predicted molar refractivity (Wildman–Crippen MR) is 69.7 cm³/mol. The molecule has 1 aliphatic carbocycles. The van der Waals surface area contributed by atoms with Gasteiger partial charge in [0.2, 0.25) is 0 Å². The highest BCUT2D eigenvalue weighted by atomic mass is 16.5. The average Bonchev–Trinajstić information content (AvgIpc) is 2.29. The molecular weight excluding hydrogens is 212 g/mol. The highest BCUT2D eigenvalue weighted by molar-refractivity contribution is 5.46. The number of nitrogen functional groups attached to an aromatic ring is 1. The van der Waals surface area contributed by atoms with E-state index >= 15 is 0 Å². The lowest BCUT2D eigenvalue weighted by molar-refractivity contribution is -0.0131. The summed E-state index contributed by atoms with van der Waals surface area (Å²) < 4.78 is 5.59. The number of anilines is 1. The van der Waals surface area contributed by atoms with Gasteiger partial charge in [0.15, 0.2) is 0 Å². The lowest BCUT2D eigenvalue weighted by Gasteiger charge is -2.38. The Labute approximate surface area is 103 Å². The smallest absolute Gasteiger partial charge is 0.0622 e. The molecule has 4 atom stereocenters. The number of nitrogens with zero attached hydrogens (tertiary/aromatic N) is 1. The fourth-order valence-electron chi connectivity index (χ4n) is 3.33. The third kappa shape index (κ3) is 2.44. The van der Waals surface area contributed by atoms with Crippen LogP contribution in [0.4, 0.5) is 5.69 Å². The van der Waals surface area contributed by atoms with Crippen molar-refractivity contribution in [1.82, 2.24) is 4.98 Å². The van der Waals surface area contributed by atoms with Crippen molar-refractivity contribution in [2.45, 2.75) is 38.7 Å². The van der Waals surface area contributed by atoms with Gasteiger partial charge in [-0.05, 0) is 42.2 Å². The molecule has 1 heterocycles. The van der Waals surface area contributed by atoms with Crippen molar-refractivity contribution in [2.75, 3.05) is 12.8 Å². The second-order valence-corrected chi connectivity index (χ2v) is 5.33. The van der Waals surface area contributed by atoms with Crippen molar-refractivity contribution >= 4 is 5.69 Å². The largest absolute Gasteiger partial charge is 0.397 e. The summed E-state index contributed by atoms with van der Waals surface area (Å²) >= 11 is 0. The quantitative estimate of drug-likeness (QED) is 0.856. The van der Waals surface area contributed by atoms with Crippen molar-refractivity contribution in [3.63, 3.8) is 0 Å². The Morgan fingerprint density at radius 2 is 1.94 bits per heavy atom. The van der Waals surface area contributed by atoms with E-state index in [1.807, 2.05) is 13.3 Å². The van der Waals surface area contributed by atoms with Gasteiger partial charge in [-0.15, -0.1) is 0 Å². The van der Waals surface area contributed by atoms with Crippen LogP contribution in [0.3, 0.4) is 0 Å². The topological polar surface area (TPSA) is 48.1 Å². The normalized spacial score (nSPS) is 33.6. The number of rotatable bonds is 2. The molecule has 1 saturated carbocycles. The Balaban J connectivity index is 2.18.